The summed E-state index contributed by atoms with van der Waals surface area (Å²) in [5, 5.41) is 11.8. The van der Waals surface area contributed by atoms with Gasteiger partial charge in [0.05, 0.1) is 6.07 Å². The predicted molar refractivity (Wildman–Crippen MR) is 52.4 cm³/mol. The van der Waals surface area contributed by atoms with Crippen LogP contribution in [0.5, 0.6) is 0 Å². The van der Waals surface area contributed by atoms with Crippen molar-refractivity contribution in [2.24, 2.45) is 0 Å². The Morgan fingerprint density at radius 1 is 1.38 bits per heavy atom. The third-order valence-corrected chi connectivity index (χ3v) is 2.54. The number of rotatable bonds is 3. The summed E-state index contributed by atoms with van der Waals surface area (Å²) in [5.74, 6) is 0. The van der Waals surface area contributed by atoms with Crippen LogP contribution in [0.25, 0.3) is 0 Å². The molecule has 13 heavy (non-hydrogen) atoms. The highest BCUT2D eigenvalue weighted by Crippen LogP contribution is 1.99. The highest BCUT2D eigenvalue weighted by Gasteiger charge is 2.16. The lowest BCUT2D eigenvalue weighted by atomic mass is 10.2. The average Bonchev–Trinajstić information content (AvgIpc) is 2.17. The molecule has 0 amide bonds. The van der Waals surface area contributed by atoms with Gasteiger partial charge in [-0.25, -0.2) is 0 Å². The maximum absolute atomic E-state index is 8.76. The van der Waals surface area contributed by atoms with E-state index < -0.39 is 0 Å². The molecule has 1 aliphatic heterocycles. The Balaban J connectivity index is 2.26. The quantitative estimate of drug-likeness (QED) is 0.629. The number of nitrogens with zero attached hydrogens (tertiary/aromatic N) is 3. The first kappa shape index (κ1) is 10.5. The van der Waals surface area contributed by atoms with E-state index in [2.05, 4.69) is 28.2 Å². The first-order valence-electron chi connectivity index (χ1n) is 4.74. The van der Waals surface area contributed by atoms with E-state index in [1.165, 1.54) is 0 Å². The Labute approximate surface area is 80.1 Å². The van der Waals surface area contributed by atoms with Gasteiger partial charge in [0.1, 0.15) is 6.04 Å². The molecule has 0 bridgehead atoms. The van der Waals surface area contributed by atoms with Gasteiger partial charge in [0.2, 0.25) is 0 Å². The summed E-state index contributed by atoms with van der Waals surface area (Å²) in [4.78, 5) is 4.65. The minimum atomic E-state index is -0.0246. The first-order valence-corrected chi connectivity index (χ1v) is 4.74. The van der Waals surface area contributed by atoms with E-state index in [1.54, 1.807) is 0 Å². The Morgan fingerprint density at radius 3 is 2.46 bits per heavy atom. The molecule has 1 saturated heterocycles. The standard InChI is InChI=1S/C9H18N4/c1-11-9(7-10)8-13-5-3-12(2)4-6-13/h9,11H,3-6,8H2,1-2H3. The molecule has 0 aliphatic carbocycles. The molecular weight excluding hydrogens is 164 g/mol. The van der Waals surface area contributed by atoms with E-state index in [4.69, 9.17) is 5.26 Å². The van der Waals surface area contributed by atoms with Crippen LogP contribution in [-0.2, 0) is 0 Å². The maximum atomic E-state index is 8.76. The molecule has 74 valence electrons. The van der Waals surface area contributed by atoms with Crippen LogP contribution < -0.4 is 5.32 Å². The topological polar surface area (TPSA) is 42.3 Å². The van der Waals surface area contributed by atoms with E-state index in [0.717, 1.165) is 32.7 Å². The Morgan fingerprint density at radius 2 is 2.00 bits per heavy atom. The molecule has 0 aromatic rings. The van der Waals surface area contributed by atoms with Gasteiger partial charge >= 0.3 is 0 Å². The van der Waals surface area contributed by atoms with E-state index in [-0.39, 0.29) is 6.04 Å². The van der Waals surface area contributed by atoms with Crippen molar-refractivity contribution >= 4 is 0 Å². The number of nitriles is 1. The van der Waals surface area contributed by atoms with Crippen molar-refractivity contribution in [3.63, 3.8) is 0 Å². The normalized spacial score (nSPS) is 22.5. The predicted octanol–water partition coefficient (Wildman–Crippen LogP) is -0.655. The van der Waals surface area contributed by atoms with Crippen molar-refractivity contribution in [1.82, 2.24) is 15.1 Å². The minimum absolute atomic E-state index is 0.0246. The van der Waals surface area contributed by atoms with Crippen LogP contribution in [0.2, 0.25) is 0 Å². The second-order valence-corrected chi connectivity index (χ2v) is 3.57. The zero-order chi connectivity index (χ0) is 9.68. The summed E-state index contributed by atoms with van der Waals surface area (Å²) in [6, 6.07) is 2.22. The molecular formula is C9H18N4. The number of hydrogen-bond acceptors (Lipinski definition) is 4. The Hall–Kier alpha value is -0.630. The van der Waals surface area contributed by atoms with Gasteiger partial charge in [-0.3, -0.25) is 4.90 Å². The lowest BCUT2D eigenvalue weighted by Crippen LogP contribution is -2.48. The minimum Gasteiger partial charge on any atom is -0.304 e. The van der Waals surface area contributed by atoms with Crippen LogP contribution in [0.1, 0.15) is 0 Å². The molecule has 0 saturated carbocycles. The average molecular weight is 182 g/mol. The van der Waals surface area contributed by atoms with E-state index in [0.29, 0.717) is 0 Å². The lowest BCUT2D eigenvalue weighted by Gasteiger charge is -2.33. The molecule has 4 nitrogen and oxygen atoms in total. The van der Waals surface area contributed by atoms with Crippen molar-refractivity contribution in [1.29, 1.82) is 5.26 Å². The SMILES string of the molecule is CNC(C#N)CN1CCN(C)CC1. The molecule has 1 aliphatic rings. The lowest BCUT2D eigenvalue weighted by molar-refractivity contribution is 0.149. The van der Waals surface area contributed by atoms with E-state index >= 15 is 0 Å². The number of piperazine rings is 1. The van der Waals surface area contributed by atoms with Crippen LogP contribution in [0, 0.1) is 11.3 Å². The van der Waals surface area contributed by atoms with Crippen LogP contribution in [0.15, 0.2) is 0 Å². The fraction of sp³-hybridized carbons (Fsp3) is 0.889. The molecule has 0 spiro atoms. The molecule has 1 fully saturated rings. The van der Waals surface area contributed by atoms with Gasteiger partial charge in [0, 0.05) is 32.7 Å². The zero-order valence-corrected chi connectivity index (χ0v) is 8.45. The maximum Gasteiger partial charge on any atom is 0.108 e. The fourth-order valence-electron chi connectivity index (χ4n) is 1.49. The van der Waals surface area contributed by atoms with Gasteiger partial charge in [-0.15, -0.1) is 0 Å². The van der Waals surface area contributed by atoms with Crippen LogP contribution in [-0.4, -0.2) is 62.7 Å². The zero-order valence-electron chi connectivity index (χ0n) is 8.45. The highest BCUT2D eigenvalue weighted by molar-refractivity contribution is 4.91. The van der Waals surface area contributed by atoms with Crippen molar-refractivity contribution in [2.75, 3.05) is 46.8 Å². The molecule has 1 N–H and O–H groups in total. The largest absolute Gasteiger partial charge is 0.304 e. The Bertz CT molecular complexity index is 179. The van der Waals surface area contributed by atoms with Gasteiger partial charge in [-0.2, -0.15) is 5.26 Å². The molecule has 0 aromatic carbocycles. The summed E-state index contributed by atoms with van der Waals surface area (Å²) >= 11 is 0. The van der Waals surface area contributed by atoms with Crippen molar-refractivity contribution in [3.8, 4) is 6.07 Å². The molecule has 0 radical (unpaired) electrons. The number of hydrogen-bond donors (Lipinski definition) is 1. The van der Waals surface area contributed by atoms with E-state index in [9.17, 15) is 0 Å². The molecule has 1 unspecified atom stereocenters. The van der Waals surface area contributed by atoms with Gasteiger partial charge in [0.25, 0.3) is 0 Å². The smallest absolute Gasteiger partial charge is 0.108 e. The van der Waals surface area contributed by atoms with Crippen LogP contribution in [0.3, 0.4) is 0 Å². The van der Waals surface area contributed by atoms with Gasteiger partial charge < -0.3 is 10.2 Å². The van der Waals surface area contributed by atoms with E-state index in [1.807, 2.05) is 7.05 Å². The molecule has 4 heteroatoms. The molecule has 1 rings (SSSR count). The molecule has 0 aromatic heterocycles. The highest BCUT2D eigenvalue weighted by atomic mass is 15.3. The number of likely N-dealkylation sites (N-methyl/N-ethyl adjacent to an activating group) is 2. The van der Waals surface area contributed by atoms with Gasteiger partial charge in [-0.05, 0) is 14.1 Å². The van der Waals surface area contributed by atoms with Crippen LogP contribution in [0.4, 0.5) is 0 Å². The third kappa shape index (κ3) is 3.31. The first-order chi connectivity index (χ1) is 6.26. The summed E-state index contributed by atoms with van der Waals surface area (Å²) in [6.07, 6.45) is 0. The second-order valence-electron chi connectivity index (χ2n) is 3.57. The summed E-state index contributed by atoms with van der Waals surface area (Å²) in [5.41, 5.74) is 0. The second kappa shape index (κ2) is 5.18. The van der Waals surface area contributed by atoms with Crippen molar-refractivity contribution in [2.45, 2.75) is 6.04 Å². The third-order valence-electron chi connectivity index (χ3n) is 2.54. The van der Waals surface area contributed by atoms with Crippen molar-refractivity contribution < 1.29 is 0 Å². The summed E-state index contributed by atoms with van der Waals surface area (Å²) in [7, 11) is 3.97. The molecule has 1 heterocycles. The van der Waals surface area contributed by atoms with Gasteiger partial charge in [-0.1, -0.05) is 0 Å². The Kier molecular flexibility index (Phi) is 4.16. The van der Waals surface area contributed by atoms with Gasteiger partial charge in [0.15, 0.2) is 0 Å². The summed E-state index contributed by atoms with van der Waals surface area (Å²) in [6.45, 7) is 5.23. The monoisotopic (exact) mass is 182 g/mol. The number of nitrogens with one attached hydrogen (secondary N) is 1. The fourth-order valence-corrected chi connectivity index (χ4v) is 1.49. The van der Waals surface area contributed by atoms with Crippen molar-refractivity contribution in [3.05, 3.63) is 0 Å². The summed E-state index contributed by atoms with van der Waals surface area (Å²) < 4.78 is 0. The van der Waals surface area contributed by atoms with Crippen LogP contribution >= 0.6 is 0 Å². The molecule has 1 atom stereocenters.